The van der Waals surface area contributed by atoms with Gasteiger partial charge < -0.3 is 14.9 Å². The molecule has 2 aromatic carbocycles. The molecule has 2 heterocycles. The second-order valence-corrected chi connectivity index (χ2v) is 8.88. The minimum Gasteiger partial charge on any atom is -0.507 e. The van der Waals surface area contributed by atoms with Gasteiger partial charge in [0.25, 0.3) is 0 Å². The molecule has 0 radical (unpaired) electrons. The van der Waals surface area contributed by atoms with E-state index in [-0.39, 0.29) is 0 Å². The average Bonchev–Trinajstić information content (AvgIpc) is 2.76. The Morgan fingerprint density at radius 3 is 2.32 bits per heavy atom. The highest BCUT2D eigenvalue weighted by Crippen LogP contribution is 2.30. The zero-order valence-electron chi connectivity index (χ0n) is 19.1. The maximum atomic E-state index is 10.1. The van der Waals surface area contributed by atoms with Crippen molar-refractivity contribution >= 4 is 16.9 Å². The summed E-state index contributed by atoms with van der Waals surface area (Å²) < 4.78 is 0. The minimum absolute atomic E-state index is 0.368. The van der Waals surface area contributed by atoms with E-state index in [2.05, 4.69) is 45.9 Å². The number of piperazine rings is 1. The van der Waals surface area contributed by atoms with E-state index in [4.69, 9.17) is 4.98 Å². The van der Waals surface area contributed by atoms with Crippen molar-refractivity contribution in [2.75, 3.05) is 58.3 Å². The topological polar surface area (TPSA) is 55.7 Å². The standard InChI is InChI=1S/C25H33N5O/c1-18-14-21(15-19(2)25(18)31)20-6-7-22-23(16-20)27-24(17-26-22)30-12-10-29(11-13-30)9-5-8-28(3)4/h6-7,14-17,31H,5,8-13H2,1-4H3. The zero-order chi connectivity index (χ0) is 22.0. The van der Waals surface area contributed by atoms with Crippen molar-refractivity contribution in [2.24, 2.45) is 0 Å². The molecule has 6 nitrogen and oxygen atoms in total. The molecule has 3 aromatic rings. The van der Waals surface area contributed by atoms with E-state index in [1.54, 1.807) is 0 Å². The molecule has 1 aliphatic rings. The summed E-state index contributed by atoms with van der Waals surface area (Å²) in [5.74, 6) is 1.32. The smallest absolute Gasteiger partial charge is 0.147 e. The van der Waals surface area contributed by atoms with Crippen LogP contribution in [0.3, 0.4) is 0 Å². The van der Waals surface area contributed by atoms with Crippen LogP contribution in [0.5, 0.6) is 5.75 Å². The minimum atomic E-state index is 0.368. The number of phenols is 1. The van der Waals surface area contributed by atoms with E-state index in [0.717, 1.165) is 78.4 Å². The number of rotatable bonds is 6. The van der Waals surface area contributed by atoms with E-state index < -0.39 is 0 Å². The Hall–Kier alpha value is -2.70. The zero-order valence-corrected chi connectivity index (χ0v) is 19.1. The summed E-state index contributed by atoms with van der Waals surface area (Å²) in [4.78, 5) is 16.7. The van der Waals surface area contributed by atoms with Crippen molar-refractivity contribution in [1.82, 2.24) is 19.8 Å². The van der Waals surface area contributed by atoms with Crippen LogP contribution in [0.1, 0.15) is 17.5 Å². The van der Waals surface area contributed by atoms with Gasteiger partial charge in [0, 0.05) is 26.2 Å². The Kier molecular flexibility index (Phi) is 6.39. The van der Waals surface area contributed by atoms with Crippen LogP contribution in [0.4, 0.5) is 5.82 Å². The average molecular weight is 420 g/mol. The van der Waals surface area contributed by atoms with Gasteiger partial charge in [-0.2, -0.15) is 0 Å². The van der Waals surface area contributed by atoms with Crippen LogP contribution in [-0.2, 0) is 0 Å². The monoisotopic (exact) mass is 419 g/mol. The van der Waals surface area contributed by atoms with E-state index in [9.17, 15) is 5.11 Å². The molecular formula is C25H33N5O. The third-order valence-electron chi connectivity index (χ3n) is 6.13. The van der Waals surface area contributed by atoms with Crippen molar-refractivity contribution in [3.05, 3.63) is 47.7 Å². The van der Waals surface area contributed by atoms with Crippen LogP contribution in [0.2, 0.25) is 0 Å². The number of aromatic nitrogens is 2. The van der Waals surface area contributed by atoms with E-state index >= 15 is 0 Å². The number of benzene rings is 2. The summed E-state index contributed by atoms with van der Waals surface area (Å²) >= 11 is 0. The molecule has 1 fully saturated rings. The Morgan fingerprint density at radius 2 is 1.65 bits per heavy atom. The lowest BCUT2D eigenvalue weighted by molar-refractivity contribution is 0.242. The van der Waals surface area contributed by atoms with Crippen LogP contribution < -0.4 is 4.90 Å². The fourth-order valence-electron chi connectivity index (χ4n) is 4.27. The Bertz CT molecular complexity index is 1030. The van der Waals surface area contributed by atoms with Crippen molar-refractivity contribution in [3.8, 4) is 16.9 Å². The van der Waals surface area contributed by atoms with Crippen molar-refractivity contribution in [3.63, 3.8) is 0 Å². The summed E-state index contributed by atoms with van der Waals surface area (Å²) in [6.07, 6.45) is 3.11. The lowest BCUT2D eigenvalue weighted by atomic mass is 9.99. The maximum absolute atomic E-state index is 10.1. The molecule has 31 heavy (non-hydrogen) atoms. The third kappa shape index (κ3) is 4.97. The SMILES string of the molecule is Cc1cc(-c2ccc3ncc(N4CCN(CCCN(C)C)CC4)nc3c2)cc(C)c1O. The van der Waals surface area contributed by atoms with Gasteiger partial charge in [0.15, 0.2) is 0 Å². The lowest BCUT2D eigenvalue weighted by Crippen LogP contribution is -2.47. The summed E-state index contributed by atoms with van der Waals surface area (Å²) in [6, 6.07) is 10.3. The number of phenolic OH excluding ortho intramolecular Hbond substituents is 1. The number of aromatic hydroxyl groups is 1. The van der Waals surface area contributed by atoms with Crippen LogP contribution in [0.25, 0.3) is 22.2 Å². The predicted molar refractivity (Wildman–Crippen MR) is 128 cm³/mol. The van der Waals surface area contributed by atoms with Gasteiger partial charge in [-0.15, -0.1) is 0 Å². The second-order valence-electron chi connectivity index (χ2n) is 8.88. The van der Waals surface area contributed by atoms with Crippen LogP contribution in [0, 0.1) is 13.8 Å². The maximum Gasteiger partial charge on any atom is 0.147 e. The van der Waals surface area contributed by atoms with Gasteiger partial charge in [-0.3, -0.25) is 9.88 Å². The molecule has 1 aromatic heterocycles. The molecule has 0 spiro atoms. The van der Waals surface area contributed by atoms with Gasteiger partial charge in [0.1, 0.15) is 11.6 Å². The Morgan fingerprint density at radius 1 is 0.935 bits per heavy atom. The molecule has 0 aliphatic carbocycles. The first kappa shape index (κ1) is 21.5. The number of anilines is 1. The summed E-state index contributed by atoms with van der Waals surface area (Å²) in [5, 5.41) is 10.1. The molecule has 0 saturated carbocycles. The summed E-state index contributed by atoms with van der Waals surface area (Å²) in [5.41, 5.74) is 5.77. The molecule has 0 bridgehead atoms. The quantitative estimate of drug-likeness (QED) is 0.658. The highest BCUT2D eigenvalue weighted by Gasteiger charge is 2.18. The Balaban J connectivity index is 1.49. The van der Waals surface area contributed by atoms with Crippen LogP contribution >= 0.6 is 0 Å². The first-order chi connectivity index (χ1) is 14.9. The first-order valence-corrected chi connectivity index (χ1v) is 11.1. The molecule has 0 amide bonds. The molecule has 6 heteroatoms. The van der Waals surface area contributed by atoms with Crippen molar-refractivity contribution < 1.29 is 5.11 Å². The van der Waals surface area contributed by atoms with Crippen LogP contribution in [0.15, 0.2) is 36.5 Å². The number of hydrogen-bond acceptors (Lipinski definition) is 6. The fourth-order valence-corrected chi connectivity index (χ4v) is 4.27. The molecule has 1 saturated heterocycles. The van der Waals surface area contributed by atoms with Crippen molar-refractivity contribution in [1.29, 1.82) is 0 Å². The van der Waals surface area contributed by atoms with Gasteiger partial charge >= 0.3 is 0 Å². The molecule has 1 N–H and O–H groups in total. The van der Waals surface area contributed by atoms with Gasteiger partial charge in [-0.25, -0.2) is 4.98 Å². The lowest BCUT2D eigenvalue weighted by Gasteiger charge is -2.35. The highest BCUT2D eigenvalue weighted by atomic mass is 16.3. The molecular weight excluding hydrogens is 386 g/mol. The second kappa shape index (κ2) is 9.20. The van der Waals surface area contributed by atoms with E-state index in [1.807, 2.05) is 38.2 Å². The predicted octanol–water partition coefficient (Wildman–Crippen LogP) is 3.69. The largest absolute Gasteiger partial charge is 0.507 e. The van der Waals surface area contributed by atoms with Crippen LogP contribution in [-0.4, -0.2) is 78.2 Å². The normalized spacial score (nSPS) is 15.2. The molecule has 164 valence electrons. The highest BCUT2D eigenvalue weighted by molar-refractivity contribution is 5.82. The third-order valence-corrected chi connectivity index (χ3v) is 6.13. The van der Waals surface area contributed by atoms with Gasteiger partial charge in [0.2, 0.25) is 0 Å². The van der Waals surface area contributed by atoms with E-state index in [0.29, 0.717) is 5.75 Å². The number of nitrogens with zero attached hydrogens (tertiary/aromatic N) is 5. The Labute approximate surface area is 185 Å². The van der Waals surface area contributed by atoms with Gasteiger partial charge in [-0.05, 0) is 94.0 Å². The number of aryl methyl sites for hydroxylation is 2. The molecule has 1 aliphatic heterocycles. The summed E-state index contributed by atoms with van der Waals surface area (Å²) in [6.45, 7) is 10.3. The van der Waals surface area contributed by atoms with Gasteiger partial charge in [-0.1, -0.05) is 6.07 Å². The fraction of sp³-hybridized carbons (Fsp3) is 0.440. The first-order valence-electron chi connectivity index (χ1n) is 11.1. The van der Waals surface area contributed by atoms with E-state index in [1.165, 1.54) is 6.42 Å². The van der Waals surface area contributed by atoms with Gasteiger partial charge in [0.05, 0.1) is 17.2 Å². The number of fused-ring (bicyclic) bond motifs is 1. The molecule has 0 atom stereocenters. The van der Waals surface area contributed by atoms with Crippen molar-refractivity contribution in [2.45, 2.75) is 20.3 Å². The number of hydrogen-bond donors (Lipinski definition) is 1. The molecule has 4 rings (SSSR count). The summed E-state index contributed by atoms with van der Waals surface area (Å²) in [7, 11) is 4.26. The molecule has 0 unspecified atom stereocenters.